The minimum absolute atomic E-state index is 0.0840. The molecule has 0 unspecified atom stereocenters. The number of piperazine rings is 1. The molecule has 2 heterocycles. The first-order valence-corrected chi connectivity index (χ1v) is 10.7. The fourth-order valence-corrected chi connectivity index (χ4v) is 4.74. The van der Waals surface area contributed by atoms with Gasteiger partial charge in [0.2, 0.25) is 11.8 Å². The molecule has 2 aromatic rings. The molecule has 0 radical (unpaired) electrons. The molecule has 0 N–H and O–H groups in total. The molecule has 0 aromatic heterocycles. The normalized spacial score (nSPS) is 16.9. The van der Waals surface area contributed by atoms with Gasteiger partial charge in [-0.25, -0.2) is 0 Å². The molecule has 0 saturated carbocycles. The van der Waals surface area contributed by atoms with Crippen LogP contribution < -0.4 is 9.80 Å². The zero-order chi connectivity index (χ0) is 19.5. The second kappa shape index (κ2) is 8.27. The number of para-hydroxylation sites is 1. The number of fused-ring (bicyclic) bond motifs is 1. The molecule has 4 rings (SSSR count). The fraction of sp³-hybridized carbons (Fsp3) is 0.364. The summed E-state index contributed by atoms with van der Waals surface area (Å²) in [5, 5.41) is 0. The van der Waals surface area contributed by atoms with Crippen LogP contribution in [0.2, 0.25) is 0 Å². The van der Waals surface area contributed by atoms with Gasteiger partial charge in [-0.2, -0.15) is 0 Å². The molecule has 0 aliphatic carbocycles. The van der Waals surface area contributed by atoms with E-state index in [1.807, 2.05) is 29.2 Å². The summed E-state index contributed by atoms with van der Waals surface area (Å²) >= 11 is 1.57. The van der Waals surface area contributed by atoms with E-state index in [0.717, 1.165) is 36.8 Å². The SMILES string of the molecule is Cc1cccc(N2CCN(C(=O)CCN3C(=O)CSc4ccccc43)CC2)c1. The number of thioether (sulfide) groups is 1. The van der Waals surface area contributed by atoms with Gasteiger partial charge in [0.1, 0.15) is 0 Å². The molecular weight excluding hydrogens is 370 g/mol. The molecule has 2 aliphatic rings. The van der Waals surface area contributed by atoms with E-state index in [2.05, 4.69) is 36.1 Å². The Morgan fingerprint density at radius 3 is 2.61 bits per heavy atom. The van der Waals surface area contributed by atoms with Gasteiger partial charge in [0.25, 0.3) is 0 Å². The second-order valence-electron chi connectivity index (χ2n) is 7.26. The quantitative estimate of drug-likeness (QED) is 0.798. The van der Waals surface area contributed by atoms with Crippen molar-refractivity contribution in [1.82, 2.24) is 4.90 Å². The first-order valence-electron chi connectivity index (χ1n) is 9.73. The molecule has 2 aliphatic heterocycles. The zero-order valence-electron chi connectivity index (χ0n) is 16.1. The molecule has 146 valence electrons. The minimum Gasteiger partial charge on any atom is -0.368 e. The number of nitrogens with zero attached hydrogens (tertiary/aromatic N) is 3. The Balaban J connectivity index is 1.32. The van der Waals surface area contributed by atoms with Crippen LogP contribution in [0.5, 0.6) is 0 Å². The van der Waals surface area contributed by atoms with Gasteiger partial charge in [-0.1, -0.05) is 24.3 Å². The van der Waals surface area contributed by atoms with Crippen molar-refractivity contribution < 1.29 is 9.59 Å². The number of carbonyl (C=O) groups excluding carboxylic acids is 2. The molecule has 2 aromatic carbocycles. The van der Waals surface area contributed by atoms with E-state index in [1.165, 1.54) is 11.3 Å². The van der Waals surface area contributed by atoms with Gasteiger partial charge in [-0.3, -0.25) is 9.59 Å². The predicted molar refractivity (Wildman–Crippen MR) is 114 cm³/mol. The van der Waals surface area contributed by atoms with E-state index in [0.29, 0.717) is 18.7 Å². The lowest BCUT2D eigenvalue weighted by Gasteiger charge is -2.37. The van der Waals surface area contributed by atoms with Crippen LogP contribution in [0.1, 0.15) is 12.0 Å². The Morgan fingerprint density at radius 1 is 1.04 bits per heavy atom. The van der Waals surface area contributed by atoms with Crippen LogP contribution in [0.3, 0.4) is 0 Å². The molecule has 0 atom stereocenters. The first-order chi connectivity index (χ1) is 13.6. The molecular formula is C22H25N3O2S. The molecule has 6 heteroatoms. The van der Waals surface area contributed by atoms with Gasteiger partial charge < -0.3 is 14.7 Å². The van der Waals surface area contributed by atoms with E-state index < -0.39 is 0 Å². The molecule has 0 bridgehead atoms. The van der Waals surface area contributed by atoms with E-state index >= 15 is 0 Å². The second-order valence-corrected chi connectivity index (χ2v) is 8.28. The Bertz CT molecular complexity index is 878. The third kappa shape index (κ3) is 4.02. The minimum atomic E-state index is 0.0840. The third-order valence-corrected chi connectivity index (χ3v) is 6.40. The molecule has 28 heavy (non-hydrogen) atoms. The highest BCUT2D eigenvalue weighted by Gasteiger charge is 2.26. The average Bonchev–Trinajstić information content (AvgIpc) is 2.73. The lowest BCUT2D eigenvalue weighted by Crippen LogP contribution is -2.49. The van der Waals surface area contributed by atoms with Crippen LogP contribution in [0.25, 0.3) is 0 Å². The third-order valence-electron chi connectivity index (χ3n) is 5.36. The number of hydrogen-bond acceptors (Lipinski definition) is 4. The van der Waals surface area contributed by atoms with E-state index in [9.17, 15) is 9.59 Å². The number of anilines is 2. The Labute approximate surface area is 170 Å². The Kier molecular flexibility index (Phi) is 5.57. The summed E-state index contributed by atoms with van der Waals surface area (Å²) in [6, 6.07) is 16.4. The van der Waals surface area contributed by atoms with E-state index in [1.54, 1.807) is 16.7 Å². The van der Waals surface area contributed by atoms with Gasteiger partial charge in [0.15, 0.2) is 0 Å². The number of aryl methyl sites for hydroxylation is 1. The van der Waals surface area contributed by atoms with E-state index in [4.69, 9.17) is 0 Å². The van der Waals surface area contributed by atoms with Crippen molar-refractivity contribution in [2.24, 2.45) is 0 Å². The van der Waals surface area contributed by atoms with Crippen molar-refractivity contribution in [1.29, 1.82) is 0 Å². The van der Waals surface area contributed by atoms with E-state index in [-0.39, 0.29) is 11.8 Å². The molecule has 2 amide bonds. The zero-order valence-corrected chi connectivity index (χ0v) is 17.0. The van der Waals surface area contributed by atoms with Crippen molar-refractivity contribution >= 4 is 35.0 Å². The summed E-state index contributed by atoms with van der Waals surface area (Å²) < 4.78 is 0. The molecule has 1 fully saturated rings. The topological polar surface area (TPSA) is 43.9 Å². The highest BCUT2D eigenvalue weighted by atomic mass is 32.2. The lowest BCUT2D eigenvalue weighted by molar-refractivity contribution is -0.131. The summed E-state index contributed by atoms with van der Waals surface area (Å²) in [6.07, 6.45) is 0.370. The largest absolute Gasteiger partial charge is 0.368 e. The van der Waals surface area contributed by atoms with Gasteiger partial charge in [-0.05, 0) is 36.8 Å². The van der Waals surface area contributed by atoms with Crippen molar-refractivity contribution in [3.8, 4) is 0 Å². The summed E-state index contributed by atoms with van der Waals surface area (Å²) in [7, 11) is 0. The van der Waals surface area contributed by atoms with Gasteiger partial charge in [-0.15, -0.1) is 11.8 Å². The maximum Gasteiger partial charge on any atom is 0.237 e. The Hall–Kier alpha value is -2.47. The van der Waals surface area contributed by atoms with Crippen LogP contribution in [0.15, 0.2) is 53.4 Å². The number of carbonyl (C=O) groups is 2. The number of benzene rings is 2. The Morgan fingerprint density at radius 2 is 1.82 bits per heavy atom. The van der Waals surface area contributed by atoms with Crippen LogP contribution in [-0.2, 0) is 9.59 Å². The fourth-order valence-electron chi connectivity index (χ4n) is 3.80. The standard InChI is InChI=1S/C22H25N3O2S/c1-17-5-4-6-18(15-17)23-11-13-24(14-12-23)21(26)9-10-25-19-7-2-3-8-20(19)28-16-22(25)27/h2-8,15H,9-14,16H2,1H3. The highest BCUT2D eigenvalue weighted by molar-refractivity contribution is 8.00. The molecule has 0 spiro atoms. The maximum atomic E-state index is 12.7. The first kappa shape index (κ1) is 18.9. The average molecular weight is 396 g/mol. The van der Waals surface area contributed by atoms with Gasteiger partial charge in [0, 0.05) is 49.7 Å². The van der Waals surface area contributed by atoms with Crippen molar-refractivity contribution in [3.05, 3.63) is 54.1 Å². The maximum absolute atomic E-state index is 12.7. The molecule has 5 nitrogen and oxygen atoms in total. The molecule has 1 saturated heterocycles. The number of amides is 2. The summed E-state index contributed by atoms with van der Waals surface area (Å²) in [5.41, 5.74) is 3.40. The highest BCUT2D eigenvalue weighted by Crippen LogP contribution is 2.34. The summed E-state index contributed by atoms with van der Waals surface area (Å²) in [4.78, 5) is 32.2. The summed E-state index contributed by atoms with van der Waals surface area (Å²) in [6.45, 7) is 5.70. The van der Waals surface area contributed by atoms with Crippen molar-refractivity contribution in [2.45, 2.75) is 18.2 Å². The lowest BCUT2D eigenvalue weighted by atomic mass is 10.2. The van der Waals surface area contributed by atoms with Crippen LogP contribution in [0.4, 0.5) is 11.4 Å². The summed E-state index contributed by atoms with van der Waals surface area (Å²) in [5.74, 6) is 0.661. The van der Waals surface area contributed by atoms with Crippen LogP contribution in [-0.4, -0.2) is 55.2 Å². The number of rotatable bonds is 4. The van der Waals surface area contributed by atoms with Crippen LogP contribution in [0, 0.1) is 6.92 Å². The number of hydrogen-bond donors (Lipinski definition) is 0. The van der Waals surface area contributed by atoms with Crippen molar-refractivity contribution in [3.63, 3.8) is 0 Å². The van der Waals surface area contributed by atoms with Crippen molar-refractivity contribution in [2.75, 3.05) is 48.3 Å². The monoisotopic (exact) mass is 395 g/mol. The smallest absolute Gasteiger partial charge is 0.237 e. The van der Waals surface area contributed by atoms with Gasteiger partial charge in [0.05, 0.1) is 11.4 Å². The predicted octanol–water partition coefficient (Wildman–Crippen LogP) is 3.17. The van der Waals surface area contributed by atoms with Crippen LogP contribution >= 0.6 is 11.8 Å². The van der Waals surface area contributed by atoms with Gasteiger partial charge >= 0.3 is 0 Å².